The van der Waals surface area contributed by atoms with Crippen molar-refractivity contribution in [1.82, 2.24) is 9.78 Å². The lowest BCUT2D eigenvalue weighted by atomic mass is 9.80. The predicted molar refractivity (Wildman–Crippen MR) is 77.6 cm³/mol. The molecule has 0 radical (unpaired) electrons. The zero-order valence-electron chi connectivity index (χ0n) is 12.6. The van der Waals surface area contributed by atoms with Gasteiger partial charge >= 0.3 is 0 Å². The fraction of sp³-hybridized carbons (Fsp3) is 0.750. The van der Waals surface area contributed by atoms with Gasteiger partial charge in [0, 0.05) is 5.69 Å². The summed E-state index contributed by atoms with van der Waals surface area (Å²) in [6, 6.07) is 0.479. The second-order valence-corrected chi connectivity index (χ2v) is 6.15. The highest BCUT2D eigenvalue weighted by Gasteiger charge is 2.28. The van der Waals surface area contributed by atoms with Gasteiger partial charge in [0.15, 0.2) is 6.29 Å². The van der Waals surface area contributed by atoms with Crippen molar-refractivity contribution in [1.29, 1.82) is 0 Å². The van der Waals surface area contributed by atoms with E-state index in [0.29, 0.717) is 6.04 Å². The number of aldehydes is 1. The molecule has 0 N–H and O–H groups in total. The number of aryl methyl sites for hydroxylation is 1. The molecule has 1 saturated carbocycles. The van der Waals surface area contributed by atoms with Gasteiger partial charge in [-0.3, -0.25) is 9.48 Å². The summed E-state index contributed by atoms with van der Waals surface area (Å²) in [4.78, 5) is 11.3. The summed E-state index contributed by atoms with van der Waals surface area (Å²) in [5, 5.41) is 4.75. The van der Waals surface area contributed by atoms with Gasteiger partial charge in [-0.25, -0.2) is 0 Å². The van der Waals surface area contributed by atoms with Crippen LogP contribution in [0.4, 0.5) is 0 Å². The molecule has 2 unspecified atom stereocenters. The first-order valence-corrected chi connectivity index (χ1v) is 7.66. The normalized spacial score (nSPS) is 27.5. The molecule has 1 fully saturated rings. The first kappa shape index (κ1) is 14.3. The highest BCUT2D eigenvalue weighted by atomic mass is 16.1. The minimum atomic E-state index is 0.479. The van der Waals surface area contributed by atoms with Crippen LogP contribution in [0.25, 0.3) is 0 Å². The molecule has 0 amide bonds. The van der Waals surface area contributed by atoms with Gasteiger partial charge in [0.1, 0.15) is 0 Å². The summed E-state index contributed by atoms with van der Waals surface area (Å²) in [5.41, 5.74) is 2.95. The van der Waals surface area contributed by atoms with Crippen LogP contribution in [0.3, 0.4) is 0 Å². The number of rotatable bonds is 4. The Morgan fingerprint density at radius 1 is 1.16 bits per heavy atom. The number of aromatic nitrogens is 2. The second-order valence-electron chi connectivity index (χ2n) is 6.15. The van der Waals surface area contributed by atoms with Gasteiger partial charge < -0.3 is 0 Å². The molecule has 0 aliphatic heterocycles. The van der Waals surface area contributed by atoms with E-state index in [1.54, 1.807) is 0 Å². The van der Waals surface area contributed by atoms with Gasteiger partial charge in [-0.15, -0.1) is 0 Å². The van der Waals surface area contributed by atoms with Crippen molar-refractivity contribution in [3.05, 3.63) is 17.0 Å². The summed E-state index contributed by atoms with van der Waals surface area (Å²) < 4.78 is 2.18. The average Bonchev–Trinajstić information content (AvgIpc) is 2.74. The van der Waals surface area contributed by atoms with E-state index < -0.39 is 0 Å². The largest absolute Gasteiger partial charge is 0.298 e. The van der Waals surface area contributed by atoms with E-state index in [1.165, 1.54) is 19.3 Å². The molecule has 106 valence electrons. The molecule has 2 atom stereocenters. The smallest absolute Gasteiger partial charge is 0.153 e. The highest BCUT2D eigenvalue weighted by molar-refractivity contribution is 5.78. The Balaban J connectivity index is 2.38. The Hall–Kier alpha value is -1.12. The summed E-state index contributed by atoms with van der Waals surface area (Å²) >= 11 is 0. The first-order chi connectivity index (χ1) is 9.10. The quantitative estimate of drug-likeness (QED) is 0.773. The maximum Gasteiger partial charge on any atom is 0.153 e. The highest BCUT2D eigenvalue weighted by Crippen LogP contribution is 2.37. The average molecular weight is 262 g/mol. The summed E-state index contributed by atoms with van der Waals surface area (Å²) in [7, 11) is 0. The van der Waals surface area contributed by atoms with Crippen LogP contribution in [0, 0.1) is 11.8 Å². The zero-order valence-corrected chi connectivity index (χ0v) is 12.6. The molecule has 0 saturated heterocycles. The fourth-order valence-corrected chi connectivity index (χ4v) is 3.69. The minimum absolute atomic E-state index is 0.479. The van der Waals surface area contributed by atoms with Crippen LogP contribution in [-0.2, 0) is 12.8 Å². The standard InChI is InChI=1S/C16H26N2O/c1-5-15-14(10-19)16(6-2)18(17-15)13-8-11(3)7-12(4)9-13/h10-13H,5-9H2,1-4H3. The summed E-state index contributed by atoms with van der Waals surface area (Å²) in [5.74, 6) is 1.51. The minimum Gasteiger partial charge on any atom is -0.298 e. The van der Waals surface area contributed by atoms with Crippen molar-refractivity contribution in [2.75, 3.05) is 0 Å². The number of nitrogens with zero attached hydrogens (tertiary/aromatic N) is 2. The van der Waals surface area contributed by atoms with Gasteiger partial charge in [-0.1, -0.05) is 27.7 Å². The molecule has 1 aromatic rings. The van der Waals surface area contributed by atoms with E-state index in [9.17, 15) is 4.79 Å². The van der Waals surface area contributed by atoms with E-state index in [2.05, 4.69) is 32.4 Å². The molecule has 1 aliphatic carbocycles. The molecule has 0 spiro atoms. The fourth-order valence-electron chi connectivity index (χ4n) is 3.69. The molecule has 1 heterocycles. The summed E-state index contributed by atoms with van der Waals surface area (Å²) in [6.07, 6.45) is 6.43. The number of carbonyl (C=O) groups excluding carboxylic acids is 1. The van der Waals surface area contributed by atoms with Crippen molar-refractivity contribution in [3.8, 4) is 0 Å². The molecule has 3 nitrogen and oxygen atoms in total. The molecule has 2 rings (SSSR count). The van der Waals surface area contributed by atoms with E-state index in [-0.39, 0.29) is 0 Å². The van der Waals surface area contributed by atoms with Gasteiger partial charge in [0.2, 0.25) is 0 Å². The van der Waals surface area contributed by atoms with Crippen molar-refractivity contribution in [2.24, 2.45) is 11.8 Å². The molecule has 1 aliphatic rings. The Morgan fingerprint density at radius 3 is 2.26 bits per heavy atom. The molecular formula is C16H26N2O. The number of hydrogen-bond donors (Lipinski definition) is 0. The van der Waals surface area contributed by atoms with E-state index >= 15 is 0 Å². The van der Waals surface area contributed by atoms with Crippen molar-refractivity contribution < 1.29 is 4.79 Å². The maximum absolute atomic E-state index is 11.3. The van der Waals surface area contributed by atoms with Crippen LogP contribution in [0.2, 0.25) is 0 Å². The summed E-state index contributed by atoms with van der Waals surface area (Å²) in [6.45, 7) is 8.86. The van der Waals surface area contributed by atoms with Crippen molar-refractivity contribution >= 4 is 6.29 Å². The molecular weight excluding hydrogens is 236 g/mol. The van der Waals surface area contributed by atoms with Crippen LogP contribution < -0.4 is 0 Å². The van der Waals surface area contributed by atoms with E-state index in [1.807, 2.05) is 0 Å². The second kappa shape index (κ2) is 5.89. The maximum atomic E-state index is 11.3. The lowest BCUT2D eigenvalue weighted by Gasteiger charge is -2.32. The molecule has 0 aromatic carbocycles. The first-order valence-electron chi connectivity index (χ1n) is 7.66. The van der Waals surface area contributed by atoms with E-state index in [0.717, 1.165) is 47.9 Å². The Labute approximate surface area is 116 Å². The topological polar surface area (TPSA) is 34.9 Å². The molecule has 0 bridgehead atoms. The van der Waals surface area contributed by atoms with Gasteiger partial charge in [0.05, 0.1) is 17.3 Å². The van der Waals surface area contributed by atoms with Gasteiger partial charge in [0.25, 0.3) is 0 Å². The Morgan fingerprint density at radius 2 is 1.79 bits per heavy atom. The number of hydrogen-bond acceptors (Lipinski definition) is 2. The van der Waals surface area contributed by atoms with Gasteiger partial charge in [-0.2, -0.15) is 5.10 Å². The van der Waals surface area contributed by atoms with Gasteiger partial charge in [-0.05, 0) is 43.9 Å². The third-order valence-electron chi connectivity index (χ3n) is 4.41. The number of carbonyl (C=O) groups is 1. The van der Waals surface area contributed by atoms with Crippen LogP contribution in [0.15, 0.2) is 0 Å². The third kappa shape index (κ3) is 2.75. The van der Waals surface area contributed by atoms with Crippen LogP contribution in [-0.4, -0.2) is 16.1 Å². The Kier molecular flexibility index (Phi) is 4.43. The van der Waals surface area contributed by atoms with Crippen molar-refractivity contribution in [2.45, 2.75) is 65.8 Å². The lowest BCUT2D eigenvalue weighted by Crippen LogP contribution is -2.24. The van der Waals surface area contributed by atoms with Crippen LogP contribution in [0.1, 0.15) is 74.7 Å². The van der Waals surface area contributed by atoms with Crippen molar-refractivity contribution in [3.63, 3.8) is 0 Å². The SMILES string of the molecule is CCc1nn(C2CC(C)CC(C)C2)c(CC)c1C=O. The van der Waals surface area contributed by atoms with Crippen LogP contribution >= 0.6 is 0 Å². The third-order valence-corrected chi connectivity index (χ3v) is 4.41. The molecule has 3 heteroatoms. The Bertz CT molecular complexity index is 440. The van der Waals surface area contributed by atoms with E-state index in [4.69, 9.17) is 5.10 Å². The monoisotopic (exact) mass is 262 g/mol. The predicted octanol–water partition coefficient (Wildman–Crippen LogP) is 3.82. The molecule has 19 heavy (non-hydrogen) atoms. The lowest BCUT2D eigenvalue weighted by molar-refractivity contribution is 0.112. The molecule has 1 aromatic heterocycles. The zero-order chi connectivity index (χ0) is 14.0. The van der Waals surface area contributed by atoms with Crippen LogP contribution in [0.5, 0.6) is 0 Å².